The van der Waals surface area contributed by atoms with E-state index in [0.717, 1.165) is 5.69 Å². The van der Waals surface area contributed by atoms with E-state index in [1.165, 1.54) is 83.7 Å². The lowest BCUT2D eigenvalue weighted by atomic mass is 9.91. The molecule has 11 rings (SSSR count). The Morgan fingerprint density at radius 1 is 0.529 bits per heavy atom. The quantitative estimate of drug-likeness (QED) is 0.173. The molecule has 1 aliphatic carbocycles. The molecule has 238 valence electrons. The van der Waals surface area contributed by atoms with Crippen LogP contribution in [-0.2, 0) is 0 Å². The highest BCUT2D eigenvalue weighted by molar-refractivity contribution is 6.27. The number of benzene rings is 7. The first-order valence-corrected chi connectivity index (χ1v) is 17.6. The summed E-state index contributed by atoms with van der Waals surface area (Å²) < 4.78 is 4.93. The molecule has 51 heavy (non-hydrogen) atoms. The second-order valence-corrected chi connectivity index (χ2v) is 13.5. The zero-order valence-corrected chi connectivity index (χ0v) is 27.8. The van der Waals surface area contributed by atoms with Gasteiger partial charge in [0, 0.05) is 46.3 Å². The van der Waals surface area contributed by atoms with Crippen molar-refractivity contribution in [3.05, 3.63) is 194 Å². The third kappa shape index (κ3) is 4.09. The lowest BCUT2D eigenvalue weighted by Gasteiger charge is -2.33. The molecular weight excluding hydrogens is 619 g/mol. The molecule has 3 heterocycles. The second-order valence-electron chi connectivity index (χ2n) is 13.5. The summed E-state index contributed by atoms with van der Waals surface area (Å²) in [6.45, 7) is 0. The van der Waals surface area contributed by atoms with Gasteiger partial charge in [0.2, 0.25) is 17.1 Å². The van der Waals surface area contributed by atoms with Crippen molar-refractivity contribution < 1.29 is 0 Å². The minimum Gasteiger partial charge on any atom is -0.317 e. The van der Waals surface area contributed by atoms with Crippen molar-refractivity contribution >= 4 is 55.8 Å². The largest absolute Gasteiger partial charge is 0.317 e. The van der Waals surface area contributed by atoms with Gasteiger partial charge in [-0.15, -0.1) is 0 Å². The number of para-hydroxylation sites is 4. The summed E-state index contributed by atoms with van der Waals surface area (Å²) in [4.78, 5) is 2.62. The highest BCUT2D eigenvalue weighted by Crippen LogP contribution is 2.56. The van der Waals surface area contributed by atoms with Gasteiger partial charge in [-0.05, 0) is 64.2 Å². The summed E-state index contributed by atoms with van der Waals surface area (Å²) in [6, 6.07) is 61.8. The van der Waals surface area contributed by atoms with Gasteiger partial charge in [0.15, 0.2) is 0 Å². The van der Waals surface area contributed by atoms with Crippen LogP contribution in [-0.4, -0.2) is 16.3 Å². The van der Waals surface area contributed by atoms with Crippen LogP contribution < -0.4 is 9.48 Å². The zero-order valence-electron chi connectivity index (χ0n) is 27.8. The molecule has 0 spiro atoms. The van der Waals surface area contributed by atoms with Gasteiger partial charge in [0.1, 0.15) is 11.7 Å². The number of hydrogen-bond donors (Lipinski definition) is 0. The van der Waals surface area contributed by atoms with Crippen LogP contribution in [0.3, 0.4) is 0 Å². The van der Waals surface area contributed by atoms with E-state index in [2.05, 4.69) is 202 Å². The lowest BCUT2D eigenvalue weighted by molar-refractivity contribution is 0.934. The fraction of sp³-hybridized carbons (Fsp3) is 0.0208. The minimum atomic E-state index is 0.0323. The minimum absolute atomic E-state index is 0.0323. The first-order valence-electron chi connectivity index (χ1n) is 17.6. The van der Waals surface area contributed by atoms with E-state index in [1.807, 2.05) is 0 Å². The van der Waals surface area contributed by atoms with E-state index >= 15 is 0 Å². The van der Waals surface area contributed by atoms with E-state index in [4.69, 9.17) is 0 Å². The van der Waals surface area contributed by atoms with Crippen molar-refractivity contribution in [1.29, 1.82) is 0 Å². The molecule has 1 unspecified atom stereocenters. The third-order valence-electron chi connectivity index (χ3n) is 10.8. The Bertz CT molecular complexity index is 2730. The normalized spacial score (nSPS) is 15.6. The Morgan fingerprint density at radius 3 is 1.92 bits per heavy atom. The van der Waals surface area contributed by atoms with Crippen molar-refractivity contribution in [2.75, 3.05) is 4.90 Å². The van der Waals surface area contributed by atoms with Gasteiger partial charge in [0.25, 0.3) is 0 Å². The van der Waals surface area contributed by atoms with Crippen molar-refractivity contribution in [3.63, 3.8) is 0 Å². The second kappa shape index (κ2) is 10.9. The maximum atomic E-state index is 2.62. The van der Waals surface area contributed by atoms with Crippen molar-refractivity contribution in [1.82, 2.24) is 9.14 Å². The molecule has 2 aliphatic heterocycles. The van der Waals surface area contributed by atoms with Crippen LogP contribution in [0.15, 0.2) is 188 Å². The van der Waals surface area contributed by atoms with Crippen LogP contribution in [0.1, 0.15) is 5.56 Å². The van der Waals surface area contributed by atoms with Crippen molar-refractivity contribution in [2.24, 2.45) is 0 Å². The Labute approximate surface area is 296 Å². The summed E-state index contributed by atoms with van der Waals surface area (Å²) in [5.74, 6) is 0. The maximum Gasteiger partial charge on any atom is 0.235 e. The number of allylic oxidation sites excluding steroid dienone is 2. The average Bonchev–Trinajstić information content (AvgIpc) is 3.73. The molecule has 0 bridgehead atoms. The fourth-order valence-electron chi connectivity index (χ4n) is 8.69. The van der Waals surface area contributed by atoms with Gasteiger partial charge in [-0.3, -0.25) is 0 Å². The number of fused-ring (bicyclic) bond motifs is 9. The van der Waals surface area contributed by atoms with E-state index in [1.54, 1.807) is 0 Å². The number of rotatable bonds is 4. The van der Waals surface area contributed by atoms with Crippen LogP contribution >= 0.6 is 0 Å². The van der Waals surface area contributed by atoms with Gasteiger partial charge in [-0.1, -0.05) is 127 Å². The highest BCUT2D eigenvalue weighted by Gasteiger charge is 2.49. The molecule has 1 atom stereocenters. The van der Waals surface area contributed by atoms with Gasteiger partial charge >= 0.3 is 0 Å². The Balaban J connectivity index is 1.20. The predicted octanol–water partition coefficient (Wildman–Crippen LogP) is 11.9. The predicted molar refractivity (Wildman–Crippen MR) is 214 cm³/mol. The molecule has 0 radical (unpaired) electrons. The molecule has 8 aromatic rings. The van der Waals surface area contributed by atoms with E-state index in [-0.39, 0.29) is 6.04 Å². The Kier molecular flexibility index (Phi) is 6.02. The molecule has 0 saturated carbocycles. The molecule has 0 N–H and O–H groups in total. The van der Waals surface area contributed by atoms with Crippen LogP contribution in [0.5, 0.6) is 0 Å². The smallest absolute Gasteiger partial charge is 0.235 e. The molecular formula is C48H32N3+. The summed E-state index contributed by atoms with van der Waals surface area (Å²) >= 11 is 0. The SMILES string of the molecule is C1=CC2=[N+](c3cc(-c4ccccc4)cc(-c4ccccc4)c3)c3ccccc3N3c4c(ccc5c4c4ccccc4n5-c4ccccc4)C(=C1)C23. The summed E-state index contributed by atoms with van der Waals surface area (Å²) in [5, 5.41) is 2.56. The molecule has 0 amide bonds. The summed E-state index contributed by atoms with van der Waals surface area (Å²) in [6.07, 6.45) is 6.90. The maximum absolute atomic E-state index is 2.62. The van der Waals surface area contributed by atoms with Crippen LogP contribution in [0.2, 0.25) is 0 Å². The topological polar surface area (TPSA) is 11.2 Å². The summed E-state index contributed by atoms with van der Waals surface area (Å²) in [5.41, 5.74) is 17.1. The molecule has 7 aromatic carbocycles. The first kappa shape index (κ1) is 28.2. The summed E-state index contributed by atoms with van der Waals surface area (Å²) in [7, 11) is 0. The standard InChI is InChI=1S/C48H32N3/c1-4-15-32(16-5-1)34-29-35(33-17-6-2-7-18-33)31-37(30-34)50-42-24-12-13-25-43(42)51-47-38(22-14-26-45(47)50)39-27-28-44-46(48(39)51)40-21-10-11-23-41(40)49(44)36-19-8-3-9-20-36/h1-31,47H/q+1. The van der Waals surface area contributed by atoms with Crippen LogP contribution in [0.4, 0.5) is 22.7 Å². The lowest BCUT2D eigenvalue weighted by Crippen LogP contribution is -2.43. The highest BCUT2D eigenvalue weighted by atomic mass is 15.3. The van der Waals surface area contributed by atoms with Crippen molar-refractivity contribution in [3.8, 4) is 27.9 Å². The fourth-order valence-corrected chi connectivity index (χ4v) is 8.69. The Hall–Kier alpha value is -6.71. The van der Waals surface area contributed by atoms with E-state index < -0.39 is 0 Å². The third-order valence-corrected chi connectivity index (χ3v) is 10.8. The Morgan fingerprint density at radius 2 is 1.18 bits per heavy atom. The molecule has 1 aromatic heterocycles. The van der Waals surface area contributed by atoms with Crippen LogP contribution in [0, 0.1) is 0 Å². The van der Waals surface area contributed by atoms with Gasteiger partial charge < -0.3 is 9.47 Å². The monoisotopic (exact) mass is 650 g/mol. The molecule has 0 fully saturated rings. The van der Waals surface area contributed by atoms with Gasteiger partial charge in [-0.2, -0.15) is 4.58 Å². The van der Waals surface area contributed by atoms with Gasteiger partial charge in [-0.25, -0.2) is 0 Å². The molecule has 3 aliphatic rings. The molecule has 3 heteroatoms. The zero-order chi connectivity index (χ0) is 33.5. The molecule has 3 nitrogen and oxygen atoms in total. The molecule has 0 saturated heterocycles. The van der Waals surface area contributed by atoms with Gasteiger partial charge in [0.05, 0.1) is 16.7 Å². The number of aromatic nitrogens is 1. The van der Waals surface area contributed by atoms with E-state index in [0.29, 0.717) is 0 Å². The van der Waals surface area contributed by atoms with E-state index in [9.17, 15) is 0 Å². The first-order chi connectivity index (χ1) is 25.3. The van der Waals surface area contributed by atoms with Crippen molar-refractivity contribution in [2.45, 2.75) is 6.04 Å². The number of anilines is 2. The van der Waals surface area contributed by atoms with Crippen LogP contribution in [0.25, 0.3) is 55.3 Å². The average molecular weight is 651 g/mol. The number of hydrogen-bond acceptors (Lipinski definition) is 1. The number of nitrogens with zero attached hydrogens (tertiary/aromatic N) is 3.